The minimum atomic E-state index is -4.79. The fraction of sp³-hybridized carbons (Fsp3) is 0.300. The van der Waals surface area contributed by atoms with Gasteiger partial charge in [0, 0.05) is 18.5 Å². The molecule has 0 fully saturated rings. The number of halogens is 3. The second kappa shape index (κ2) is 10.4. The van der Waals surface area contributed by atoms with Crippen molar-refractivity contribution in [2.24, 2.45) is 5.73 Å². The van der Waals surface area contributed by atoms with Crippen molar-refractivity contribution in [2.45, 2.75) is 43.1 Å². The Bertz CT molecular complexity index is 1080. The number of carbonyl (C=O) groups is 2. The highest BCUT2D eigenvalue weighted by Gasteiger charge is 2.31. The van der Waals surface area contributed by atoms with Crippen molar-refractivity contribution in [3.05, 3.63) is 54.2 Å². The molecule has 0 saturated carbocycles. The Morgan fingerprint density at radius 3 is 2.58 bits per heavy atom. The second-order valence-corrected chi connectivity index (χ2v) is 8.16. The maximum absolute atomic E-state index is 12.6. The molecule has 0 aliphatic carbocycles. The van der Waals surface area contributed by atoms with Gasteiger partial charge < -0.3 is 20.2 Å². The van der Waals surface area contributed by atoms with Crippen LogP contribution in [0.25, 0.3) is 0 Å². The number of primary amides is 1. The van der Waals surface area contributed by atoms with Crippen LogP contribution < -0.4 is 15.8 Å². The number of aryl methyl sites for hydroxylation is 1. The number of nitrogens with one attached hydrogen (secondary N) is 1. The molecule has 0 aliphatic heterocycles. The summed E-state index contributed by atoms with van der Waals surface area (Å²) in [6, 6.07) is 8.32. The molecule has 3 rings (SSSR count). The van der Waals surface area contributed by atoms with Crippen LogP contribution in [0, 0.1) is 0 Å². The average molecular weight is 483 g/mol. The number of aromatic nitrogens is 3. The third kappa shape index (κ3) is 7.27. The summed E-state index contributed by atoms with van der Waals surface area (Å²) in [4.78, 5) is 23.8. The number of hydrogen-bond acceptors (Lipinski definition) is 7. The van der Waals surface area contributed by atoms with Gasteiger partial charge in [-0.1, -0.05) is 11.8 Å². The van der Waals surface area contributed by atoms with Crippen LogP contribution in [-0.2, 0) is 22.6 Å². The topological polar surface area (TPSA) is 125 Å². The van der Waals surface area contributed by atoms with Gasteiger partial charge in [-0.25, -0.2) is 0 Å². The number of hydrogen-bond donors (Lipinski definition) is 2. The maximum Gasteiger partial charge on any atom is 0.573 e. The normalized spacial score (nSPS) is 12.4. The Hall–Kier alpha value is -3.48. The van der Waals surface area contributed by atoms with E-state index in [4.69, 9.17) is 10.2 Å². The molecule has 0 bridgehead atoms. The van der Waals surface area contributed by atoms with Gasteiger partial charge in [0.1, 0.15) is 17.3 Å². The smallest absolute Gasteiger partial charge is 0.467 e. The molecule has 0 spiro atoms. The molecule has 13 heteroatoms. The summed E-state index contributed by atoms with van der Waals surface area (Å²) < 4.78 is 47.7. The standard InChI is InChI=1S/C20H20F3N5O4S/c1-12(18(30)25-13-4-6-14(7-5-13)32-20(21,22)23)33-19-27-26-17(9-8-16(24)29)28(19)11-15-3-2-10-31-15/h2-7,10,12H,8-9,11H2,1H3,(H2,24,29)(H,25,30). The van der Waals surface area contributed by atoms with E-state index < -0.39 is 29.2 Å². The zero-order valence-electron chi connectivity index (χ0n) is 17.3. The summed E-state index contributed by atoms with van der Waals surface area (Å²) in [5.41, 5.74) is 5.54. The van der Waals surface area contributed by atoms with E-state index in [0.717, 1.165) is 23.9 Å². The van der Waals surface area contributed by atoms with E-state index in [1.807, 2.05) is 0 Å². The van der Waals surface area contributed by atoms with Crippen LogP contribution in [0.2, 0.25) is 0 Å². The summed E-state index contributed by atoms with van der Waals surface area (Å²) in [6.07, 6.45) is -2.91. The first kappa shape index (κ1) is 24.2. The first-order valence-corrected chi connectivity index (χ1v) is 10.5. The molecule has 2 heterocycles. The number of nitrogens with two attached hydrogens (primary N) is 1. The molecule has 9 nitrogen and oxygen atoms in total. The van der Waals surface area contributed by atoms with Crippen LogP contribution in [0.5, 0.6) is 5.75 Å². The Morgan fingerprint density at radius 2 is 1.97 bits per heavy atom. The first-order chi connectivity index (χ1) is 15.6. The largest absolute Gasteiger partial charge is 0.573 e. The summed E-state index contributed by atoms with van der Waals surface area (Å²) in [5.74, 6) is -0.111. The van der Waals surface area contributed by atoms with Crippen molar-refractivity contribution in [1.29, 1.82) is 0 Å². The van der Waals surface area contributed by atoms with Crippen LogP contribution >= 0.6 is 11.8 Å². The summed E-state index contributed by atoms with van der Waals surface area (Å²) in [5, 5.41) is 10.7. The summed E-state index contributed by atoms with van der Waals surface area (Å²) >= 11 is 1.13. The van der Waals surface area contributed by atoms with E-state index in [1.165, 1.54) is 18.4 Å². The fourth-order valence-electron chi connectivity index (χ4n) is 2.74. The van der Waals surface area contributed by atoms with Crippen LogP contribution in [0.15, 0.2) is 52.2 Å². The van der Waals surface area contributed by atoms with E-state index in [0.29, 0.717) is 29.0 Å². The number of benzene rings is 1. The predicted molar refractivity (Wildman–Crippen MR) is 112 cm³/mol. The Balaban J connectivity index is 1.67. The second-order valence-electron chi connectivity index (χ2n) is 6.85. The van der Waals surface area contributed by atoms with Crippen LogP contribution in [-0.4, -0.2) is 38.2 Å². The lowest BCUT2D eigenvalue weighted by Crippen LogP contribution is -2.23. The minimum Gasteiger partial charge on any atom is -0.467 e. The number of thioether (sulfide) groups is 1. The van der Waals surface area contributed by atoms with Gasteiger partial charge in [0.05, 0.1) is 18.1 Å². The van der Waals surface area contributed by atoms with E-state index in [9.17, 15) is 22.8 Å². The van der Waals surface area contributed by atoms with Crippen molar-refractivity contribution in [1.82, 2.24) is 14.8 Å². The van der Waals surface area contributed by atoms with Crippen molar-refractivity contribution >= 4 is 29.3 Å². The van der Waals surface area contributed by atoms with Crippen molar-refractivity contribution in [2.75, 3.05) is 5.32 Å². The minimum absolute atomic E-state index is 0.0883. The summed E-state index contributed by atoms with van der Waals surface area (Å²) in [7, 11) is 0. The van der Waals surface area contributed by atoms with Gasteiger partial charge >= 0.3 is 6.36 Å². The molecule has 1 aromatic carbocycles. The third-order valence-electron chi connectivity index (χ3n) is 4.29. The van der Waals surface area contributed by atoms with Gasteiger partial charge in [0.15, 0.2) is 5.16 Å². The molecule has 0 saturated heterocycles. The Labute approximate surface area is 190 Å². The lowest BCUT2D eigenvalue weighted by molar-refractivity contribution is -0.274. The third-order valence-corrected chi connectivity index (χ3v) is 5.37. The number of anilines is 1. The SMILES string of the molecule is CC(Sc1nnc(CCC(N)=O)n1Cc1ccco1)C(=O)Nc1ccc(OC(F)(F)F)cc1. The Kier molecular flexibility index (Phi) is 7.63. The van der Waals surface area contributed by atoms with Crippen LogP contribution in [0.1, 0.15) is 24.9 Å². The molecule has 33 heavy (non-hydrogen) atoms. The molecule has 0 radical (unpaired) electrons. The van der Waals surface area contributed by atoms with Crippen molar-refractivity contribution in [3.8, 4) is 5.75 Å². The molecule has 3 aromatic rings. The number of furan rings is 1. The zero-order chi connectivity index (χ0) is 24.0. The van der Waals surface area contributed by atoms with Gasteiger partial charge in [-0.05, 0) is 43.3 Å². The van der Waals surface area contributed by atoms with Crippen LogP contribution in [0.3, 0.4) is 0 Å². The first-order valence-electron chi connectivity index (χ1n) is 9.67. The lowest BCUT2D eigenvalue weighted by atomic mass is 10.3. The maximum atomic E-state index is 12.6. The number of carbonyl (C=O) groups excluding carboxylic acids is 2. The molecule has 2 aromatic heterocycles. The van der Waals surface area contributed by atoms with E-state index >= 15 is 0 Å². The van der Waals surface area contributed by atoms with Gasteiger partial charge in [0.25, 0.3) is 0 Å². The molecule has 0 aliphatic rings. The number of nitrogens with zero attached hydrogens (tertiary/aromatic N) is 3. The Morgan fingerprint density at radius 1 is 1.24 bits per heavy atom. The number of alkyl halides is 3. The number of rotatable bonds is 10. The van der Waals surface area contributed by atoms with E-state index in [1.54, 1.807) is 23.6 Å². The highest BCUT2D eigenvalue weighted by atomic mass is 32.2. The van der Waals surface area contributed by atoms with Gasteiger partial charge in [-0.3, -0.25) is 14.2 Å². The molecule has 3 N–H and O–H groups in total. The van der Waals surface area contributed by atoms with E-state index in [-0.39, 0.29) is 12.8 Å². The predicted octanol–water partition coefficient (Wildman–Crippen LogP) is 3.36. The van der Waals surface area contributed by atoms with Gasteiger partial charge in [0.2, 0.25) is 11.8 Å². The van der Waals surface area contributed by atoms with Crippen molar-refractivity contribution < 1.29 is 31.9 Å². The average Bonchev–Trinajstić information content (AvgIpc) is 3.37. The van der Waals surface area contributed by atoms with Crippen LogP contribution in [0.4, 0.5) is 18.9 Å². The van der Waals surface area contributed by atoms with Gasteiger partial charge in [-0.15, -0.1) is 23.4 Å². The lowest BCUT2D eigenvalue weighted by Gasteiger charge is -2.14. The van der Waals surface area contributed by atoms with E-state index in [2.05, 4.69) is 20.3 Å². The highest BCUT2D eigenvalue weighted by Crippen LogP contribution is 2.27. The molecular formula is C20H20F3N5O4S. The monoisotopic (exact) mass is 483 g/mol. The number of amides is 2. The zero-order valence-corrected chi connectivity index (χ0v) is 18.2. The molecule has 176 valence electrons. The fourth-order valence-corrected chi connectivity index (χ4v) is 3.61. The molecule has 1 atom stereocenters. The number of ether oxygens (including phenoxy) is 1. The molecule has 1 unspecified atom stereocenters. The molecular weight excluding hydrogens is 463 g/mol. The summed E-state index contributed by atoms with van der Waals surface area (Å²) in [6.45, 7) is 1.95. The van der Waals surface area contributed by atoms with Gasteiger partial charge in [-0.2, -0.15) is 0 Å². The quantitative estimate of drug-likeness (QED) is 0.424. The highest BCUT2D eigenvalue weighted by molar-refractivity contribution is 8.00. The van der Waals surface area contributed by atoms with Crippen molar-refractivity contribution in [3.63, 3.8) is 0 Å². The molecule has 2 amide bonds.